The molecule has 0 aliphatic heterocycles. The highest BCUT2D eigenvalue weighted by molar-refractivity contribution is 5.99. The van der Waals surface area contributed by atoms with E-state index in [9.17, 15) is 9.59 Å². The quantitative estimate of drug-likeness (QED) is 0.820. The van der Waals surface area contributed by atoms with Gasteiger partial charge < -0.3 is 10.3 Å². The highest BCUT2D eigenvalue weighted by atomic mass is 16.2. The molecule has 1 atom stereocenters. The number of hydrogen-bond donors (Lipinski definition) is 2. The predicted molar refractivity (Wildman–Crippen MR) is 77.7 cm³/mol. The second-order valence-corrected chi connectivity index (χ2v) is 4.70. The van der Waals surface area contributed by atoms with Crippen LogP contribution in [0.3, 0.4) is 0 Å². The molecule has 4 nitrogen and oxygen atoms in total. The molecular weight excluding hydrogens is 252 g/mol. The zero-order chi connectivity index (χ0) is 14.5. The van der Waals surface area contributed by atoms with Gasteiger partial charge in [-0.2, -0.15) is 0 Å². The Labute approximate surface area is 118 Å². The largest absolute Gasteiger partial charge is 0.356 e. The number of aromatic nitrogens is 1. The molecule has 0 spiro atoms. The van der Waals surface area contributed by atoms with Gasteiger partial charge in [0.05, 0.1) is 6.04 Å². The fraction of sp³-hybridized carbons (Fsp3) is 0.250. The lowest BCUT2D eigenvalue weighted by atomic mass is 10.0. The van der Waals surface area contributed by atoms with Crippen LogP contribution in [0.1, 0.15) is 52.7 Å². The van der Waals surface area contributed by atoms with Gasteiger partial charge in [0.1, 0.15) is 5.69 Å². The Morgan fingerprint density at radius 2 is 1.95 bits per heavy atom. The number of Topliss-reactive ketones (excluding diaryl/α,β-unsaturated/α-hetero) is 1. The summed E-state index contributed by atoms with van der Waals surface area (Å²) in [6.07, 6.45) is 2.36. The molecule has 1 aromatic carbocycles. The predicted octanol–water partition coefficient (Wildman–Crippen LogP) is 3.10. The van der Waals surface area contributed by atoms with Crippen molar-refractivity contribution in [2.45, 2.75) is 26.3 Å². The van der Waals surface area contributed by atoms with Crippen molar-refractivity contribution in [3.05, 3.63) is 59.4 Å². The molecular formula is C16H18N2O2. The number of carbonyl (C=O) groups is 2. The van der Waals surface area contributed by atoms with Crippen LogP contribution in [-0.4, -0.2) is 16.7 Å². The number of carbonyl (C=O) groups excluding carboxylic acids is 2. The Kier molecular flexibility index (Phi) is 4.35. The first-order valence-corrected chi connectivity index (χ1v) is 6.67. The summed E-state index contributed by atoms with van der Waals surface area (Å²) < 4.78 is 0. The van der Waals surface area contributed by atoms with E-state index in [4.69, 9.17) is 0 Å². The van der Waals surface area contributed by atoms with Gasteiger partial charge in [0.15, 0.2) is 5.78 Å². The van der Waals surface area contributed by atoms with Gasteiger partial charge in [0.25, 0.3) is 5.91 Å². The van der Waals surface area contributed by atoms with Gasteiger partial charge in [0.2, 0.25) is 0 Å². The molecule has 0 aliphatic carbocycles. The minimum absolute atomic E-state index is 0.0345. The van der Waals surface area contributed by atoms with Crippen molar-refractivity contribution in [3.8, 4) is 0 Å². The van der Waals surface area contributed by atoms with Crippen LogP contribution < -0.4 is 5.32 Å². The molecule has 0 saturated carbocycles. The van der Waals surface area contributed by atoms with Crippen molar-refractivity contribution in [1.29, 1.82) is 0 Å². The van der Waals surface area contributed by atoms with Crippen molar-refractivity contribution in [2.24, 2.45) is 0 Å². The molecule has 1 aromatic heterocycles. The number of rotatable bonds is 5. The van der Waals surface area contributed by atoms with Gasteiger partial charge in [-0.15, -0.1) is 0 Å². The van der Waals surface area contributed by atoms with Crippen molar-refractivity contribution in [2.75, 3.05) is 0 Å². The third-order valence-corrected chi connectivity index (χ3v) is 3.25. The van der Waals surface area contributed by atoms with Gasteiger partial charge in [-0.1, -0.05) is 37.3 Å². The van der Waals surface area contributed by atoms with Gasteiger partial charge in [0, 0.05) is 11.8 Å². The van der Waals surface area contributed by atoms with E-state index in [2.05, 4.69) is 10.3 Å². The molecule has 20 heavy (non-hydrogen) atoms. The third kappa shape index (κ3) is 3.15. The number of benzene rings is 1. The first-order chi connectivity index (χ1) is 9.61. The first kappa shape index (κ1) is 14.1. The van der Waals surface area contributed by atoms with Gasteiger partial charge in [-0.3, -0.25) is 9.59 Å². The molecule has 0 saturated heterocycles. The van der Waals surface area contributed by atoms with Crippen LogP contribution in [0.25, 0.3) is 0 Å². The SMILES string of the molecule is CCC(NC(=O)c1cc(C(C)=O)c[nH]1)c1ccccc1. The summed E-state index contributed by atoms with van der Waals surface area (Å²) in [5.41, 5.74) is 1.99. The minimum Gasteiger partial charge on any atom is -0.356 e. The maximum Gasteiger partial charge on any atom is 0.268 e. The molecule has 1 heterocycles. The van der Waals surface area contributed by atoms with E-state index < -0.39 is 0 Å². The molecule has 1 unspecified atom stereocenters. The van der Waals surface area contributed by atoms with Crippen LogP contribution in [0.4, 0.5) is 0 Å². The van der Waals surface area contributed by atoms with Gasteiger partial charge >= 0.3 is 0 Å². The molecule has 1 amide bonds. The molecule has 2 N–H and O–H groups in total. The molecule has 104 valence electrons. The van der Waals surface area contributed by atoms with E-state index in [0.29, 0.717) is 11.3 Å². The van der Waals surface area contributed by atoms with E-state index in [1.807, 2.05) is 37.3 Å². The number of H-pyrrole nitrogens is 1. The fourth-order valence-corrected chi connectivity index (χ4v) is 2.07. The monoisotopic (exact) mass is 270 g/mol. The maximum absolute atomic E-state index is 12.2. The molecule has 2 aromatic rings. The number of aromatic amines is 1. The molecule has 0 aliphatic rings. The summed E-state index contributed by atoms with van der Waals surface area (Å²) in [6.45, 7) is 3.50. The van der Waals surface area contributed by atoms with E-state index >= 15 is 0 Å². The molecule has 4 heteroatoms. The van der Waals surface area contributed by atoms with Gasteiger partial charge in [-0.05, 0) is 25.0 Å². The minimum atomic E-state index is -0.201. The maximum atomic E-state index is 12.2. The Morgan fingerprint density at radius 1 is 1.25 bits per heavy atom. The second-order valence-electron chi connectivity index (χ2n) is 4.70. The molecule has 0 bridgehead atoms. The van der Waals surface area contributed by atoms with Crippen molar-refractivity contribution in [1.82, 2.24) is 10.3 Å². The van der Waals surface area contributed by atoms with E-state index in [-0.39, 0.29) is 17.7 Å². The van der Waals surface area contributed by atoms with Crippen molar-refractivity contribution >= 4 is 11.7 Å². The highest BCUT2D eigenvalue weighted by Crippen LogP contribution is 2.16. The van der Waals surface area contributed by atoms with Crippen molar-refractivity contribution < 1.29 is 9.59 Å². The summed E-state index contributed by atoms with van der Waals surface area (Å²) >= 11 is 0. The zero-order valence-electron chi connectivity index (χ0n) is 11.6. The number of hydrogen-bond acceptors (Lipinski definition) is 2. The van der Waals surface area contributed by atoms with E-state index in [1.54, 1.807) is 12.3 Å². The normalized spacial score (nSPS) is 11.9. The summed E-state index contributed by atoms with van der Waals surface area (Å²) in [6, 6.07) is 11.4. The average molecular weight is 270 g/mol. The highest BCUT2D eigenvalue weighted by Gasteiger charge is 2.15. The Balaban J connectivity index is 2.11. The van der Waals surface area contributed by atoms with Gasteiger partial charge in [-0.25, -0.2) is 0 Å². The lowest BCUT2D eigenvalue weighted by molar-refractivity contribution is 0.0931. The smallest absolute Gasteiger partial charge is 0.268 e. The van der Waals surface area contributed by atoms with Crippen molar-refractivity contribution in [3.63, 3.8) is 0 Å². The molecule has 0 radical (unpaired) electrons. The van der Waals surface area contributed by atoms with E-state index in [0.717, 1.165) is 12.0 Å². The Bertz CT molecular complexity index is 602. The molecule has 2 rings (SSSR count). The summed E-state index contributed by atoms with van der Waals surface area (Å²) in [7, 11) is 0. The van der Waals surface area contributed by atoms with Crippen LogP contribution in [0, 0.1) is 0 Å². The lowest BCUT2D eigenvalue weighted by Gasteiger charge is -2.16. The summed E-state index contributed by atoms with van der Waals surface area (Å²) in [5, 5.41) is 2.97. The van der Waals surface area contributed by atoms with Crippen LogP contribution >= 0.6 is 0 Å². The standard InChI is InChI=1S/C16H18N2O2/c1-3-14(12-7-5-4-6-8-12)18-16(20)15-9-13(10-17-15)11(2)19/h4-10,14,17H,3H2,1-2H3,(H,18,20). The number of ketones is 1. The van der Waals surface area contributed by atoms with Crippen LogP contribution in [0.2, 0.25) is 0 Å². The second kappa shape index (κ2) is 6.19. The summed E-state index contributed by atoms with van der Waals surface area (Å²) in [4.78, 5) is 26.2. The molecule has 0 fully saturated rings. The zero-order valence-corrected chi connectivity index (χ0v) is 11.6. The Hall–Kier alpha value is -2.36. The topological polar surface area (TPSA) is 62.0 Å². The average Bonchev–Trinajstić information content (AvgIpc) is 2.95. The number of amides is 1. The Morgan fingerprint density at radius 3 is 2.50 bits per heavy atom. The first-order valence-electron chi connectivity index (χ1n) is 6.67. The van der Waals surface area contributed by atoms with E-state index in [1.165, 1.54) is 6.92 Å². The summed E-state index contributed by atoms with van der Waals surface area (Å²) in [5.74, 6) is -0.261. The third-order valence-electron chi connectivity index (χ3n) is 3.25. The van der Waals surface area contributed by atoms with Crippen LogP contribution in [-0.2, 0) is 0 Å². The number of nitrogens with one attached hydrogen (secondary N) is 2. The lowest BCUT2D eigenvalue weighted by Crippen LogP contribution is -2.28. The van der Waals surface area contributed by atoms with Crippen LogP contribution in [0.5, 0.6) is 0 Å². The van der Waals surface area contributed by atoms with Crippen LogP contribution in [0.15, 0.2) is 42.6 Å². The fourth-order valence-electron chi connectivity index (χ4n) is 2.07.